The summed E-state index contributed by atoms with van der Waals surface area (Å²) in [5, 5.41) is 6.32. The number of hydrogen-bond acceptors (Lipinski definition) is 5. The Morgan fingerprint density at radius 2 is 1.85 bits per heavy atom. The number of hydrogen-bond donors (Lipinski definition) is 1. The number of anilines is 1. The molecular formula is C20H19FN2O4. The average molecular weight is 370 g/mol. The van der Waals surface area contributed by atoms with Gasteiger partial charge in [-0.15, -0.1) is 0 Å². The minimum atomic E-state index is -0.565. The minimum Gasteiger partial charge on any atom is -0.497 e. The van der Waals surface area contributed by atoms with Crippen LogP contribution in [0.3, 0.4) is 0 Å². The molecule has 0 unspecified atom stereocenters. The maximum atomic E-state index is 13.9. The molecule has 1 aromatic heterocycles. The molecule has 2 aromatic carbocycles. The third kappa shape index (κ3) is 4.25. The number of aromatic nitrogens is 1. The van der Waals surface area contributed by atoms with Gasteiger partial charge in [-0.05, 0) is 55.8 Å². The molecule has 1 heterocycles. The van der Waals surface area contributed by atoms with Gasteiger partial charge >= 0.3 is 0 Å². The van der Waals surface area contributed by atoms with Crippen molar-refractivity contribution in [3.63, 3.8) is 0 Å². The molecule has 0 spiro atoms. The van der Waals surface area contributed by atoms with E-state index in [0.29, 0.717) is 22.8 Å². The molecule has 27 heavy (non-hydrogen) atoms. The summed E-state index contributed by atoms with van der Waals surface area (Å²) in [7, 11) is 1.58. The molecule has 1 N–H and O–H groups in total. The summed E-state index contributed by atoms with van der Waals surface area (Å²) < 4.78 is 29.8. The van der Waals surface area contributed by atoms with Gasteiger partial charge in [-0.2, -0.15) is 0 Å². The third-order valence-corrected chi connectivity index (χ3v) is 4.01. The van der Waals surface area contributed by atoms with Crippen molar-refractivity contribution in [2.45, 2.75) is 20.5 Å². The Labute approximate surface area is 155 Å². The standard InChI is InChI=1S/C20H19FN2O4/c1-12-4-9-17(21)18(10-12)22-20(24)19-16(13(2)27-23-19)11-26-15-7-5-14(25-3)6-8-15/h4-10H,11H2,1-3H3,(H,22,24). The van der Waals surface area contributed by atoms with Crippen LogP contribution in [0.5, 0.6) is 11.5 Å². The van der Waals surface area contributed by atoms with Gasteiger partial charge in [0.1, 0.15) is 29.7 Å². The number of amides is 1. The molecule has 0 aliphatic heterocycles. The quantitative estimate of drug-likeness (QED) is 0.701. The van der Waals surface area contributed by atoms with Gasteiger partial charge in [0.05, 0.1) is 18.4 Å². The molecule has 0 aliphatic rings. The molecule has 0 atom stereocenters. The van der Waals surface area contributed by atoms with Crippen molar-refractivity contribution >= 4 is 11.6 Å². The molecule has 3 aromatic rings. The highest BCUT2D eigenvalue weighted by Crippen LogP contribution is 2.22. The van der Waals surface area contributed by atoms with Crippen molar-refractivity contribution < 1.29 is 23.2 Å². The van der Waals surface area contributed by atoms with E-state index in [4.69, 9.17) is 14.0 Å². The Kier molecular flexibility index (Phi) is 5.40. The van der Waals surface area contributed by atoms with Crippen LogP contribution in [0.1, 0.15) is 27.4 Å². The lowest BCUT2D eigenvalue weighted by Gasteiger charge is -2.09. The van der Waals surface area contributed by atoms with Crippen molar-refractivity contribution in [3.8, 4) is 11.5 Å². The third-order valence-electron chi connectivity index (χ3n) is 4.01. The summed E-state index contributed by atoms with van der Waals surface area (Å²) in [6.07, 6.45) is 0. The second-order valence-corrected chi connectivity index (χ2v) is 5.97. The van der Waals surface area contributed by atoms with Crippen molar-refractivity contribution in [1.29, 1.82) is 0 Å². The van der Waals surface area contributed by atoms with Crippen LogP contribution in [0, 0.1) is 19.7 Å². The van der Waals surface area contributed by atoms with E-state index in [9.17, 15) is 9.18 Å². The molecule has 7 heteroatoms. The number of methoxy groups -OCH3 is 1. The maximum Gasteiger partial charge on any atom is 0.278 e. The second-order valence-electron chi connectivity index (χ2n) is 5.97. The van der Waals surface area contributed by atoms with E-state index in [1.54, 1.807) is 50.4 Å². The molecular weight excluding hydrogens is 351 g/mol. The van der Waals surface area contributed by atoms with Gasteiger partial charge in [-0.3, -0.25) is 4.79 Å². The highest BCUT2D eigenvalue weighted by atomic mass is 19.1. The van der Waals surface area contributed by atoms with Gasteiger partial charge in [0.2, 0.25) is 0 Å². The number of carbonyl (C=O) groups is 1. The monoisotopic (exact) mass is 370 g/mol. The topological polar surface area (TPSA) is 73.6 Å². The van der Waals surface area contributed by atoms with Crippen molar-refractivity contribution in [2.75, 3.05) is 12.4 Å². The van der Waals surface area contributed by atoms with E-state index in [1.165, 1.54) is 6.07 Å². The fourth-order valence-electron chi connectivity index (χ4n) is 2.48. The van der Waals surface area contributed by atoms with Crippen LogP contribution in [0.4, 0.5) is 10.1 Å². The zero-order valence-corrected chi connectivity index (χ0v) is 15.2. The number of nitrogens with zero attached hydrogens (tertiary/aromatic N) is 1. The Bertz CT molecular complexity index is 951. The average Bonchev–Trinajstić information content (AvgIpc) is 3.04. The van der Waals surface area contributed by atoms with Gasteiger partial charge in [-0.25, -0.2) is 4.39 Å². The summed E-state index contributed by atoms with van der Waals surface area (Å²) in [5.74, 6) is 0.685. The van der Waals surface area contributed by atoms with Gasteiger partial charge in [0, 0.05) is 0 Å². The smallest absolute Gasteiger partial charge is 0.278 e. The van der Waals surface area contributed by atoms with Gasteiger partial charge in [0.15, 0.2) is 5.69 Å². The Morgan fingerprint density at radius 1 is 1.15 bits per heavy atom. The van der Waals surface area contributed by atoms with Crippen LogP contribution >= 0.6 is 0 Å². The Morgan fingerprint density at radius 3 is 2.56 bits per heavy atom. The second kappa shape index (κ2) is 7.90. The van der Waals surface area contributed by atoms with E-state index >= 15 is 0 Å². The summed E-state index contributed by atoms with van der Waals surface area (Å²) in [4.78, 5) is 12.5. The van der Waals surface area contributed by atoms with Crippen LogP contribution in [0.15, 0.2) is 47.0 Å². The Balaban J connectivity index is 1.75. The predicted molar refractivity (Wildman–Crippen MR) is 97.7 cm³/mol. The molecule has 0 saturated heterocycles. The molecule has 0 saturated carbocycles. The van der Waals surface area contributed by atoms with Gasteiger partial charge in [0.25, 0.3) is 5.91 Å². The first-order chi connectivity index (χ1) is 13.0. The summed E-state index contributed by atoms with van der Waals surface area (Å²) in [6.45, 7) is 3.58. The first-order valence-corrected chi connectivity index (χ1v) is 8.27. The zero-order valence-electron chi connectivity index (χ0n) is 15.2. The fraction of sp³-hybridized carbons (Fsp3) is 0.200. The molecule has 0 bridgehead atoms. The van der Waals surface area contributed by atoms with E-state index in [1.807, 2.05) is 6.92 Å². The van der Waals surface area contributed by atoms with Gasteiger partial charge in [-0.1, -0.05) is 11.2 Å². The molecule has 0 fully saturated rings. The van der Waals surface area contributed by atoms with Crippen LogP contribution in [-0.4, -0.2) is 18.2 Å². The normalized spacial score (nSPS) is 10.5. The molecule has 1 amide bonds. The SMILES string of the molecule is COc1ccc(OCc2c(C(=O)Nc3cc(C)ccc3F)noc2C)cc1. The lowest BCUT2D eigenvalue weighted by Crippen LogP contribution is -2.16. The maximum absolute atomic E-state index is 13.9. The first kappa shape index (κ1) is 18.4. The zero-order chi connectivity index (χ0) is 19.4. The highest BCUT2D eigenvalue weighted by molar-refractivity contribution is 6.04. The number of nitrogens with one attached hydrogen (secondary N) is 1. The van der Waals surface area contributed by atoms with E-state index in [-0.39, 0.29) is 18.0 Å². The summed E-state index contributed by atoms with van der Waals surface area (Å²) >= 11 is 0. The lowest BCUT2D eigenvalue weighted by molar-refractivity contribution is 0.101. The number of aryl methyl sites for hydroxylation is 2. The largest absolute Gasteiger partial charge is 0.497 e. The molecule has 0 radical (unpaired) electrons. The summed E-state index contributed by atoms with van der Waals surface area (Å²) in [6, 6.07) is 11.5. The van der Waals surface area contributed by atoms with E-state index in [0.717, 1.165) is 5.56 Å². The van der Waals surface area contributed by atoms with Crippen LogP contribution in [0.25, 0.3) is 0 Å². The Hall–Kier alpha value is -3.35. The molecule has 3 rings (SSSR count). The van der Waals surface area contributed by atoms with Crippen LogP contribution < -0.4 is 14.8 Å². The molecule has 140 valence electrons. The van der Waals surface area contributed by atoms with Crippen LogP contribution in [-0.2, 0) is 6.61 Å². The number of ether oxygens (including phenoxy) is 2. The van der Waals surface area contributed by atoms with Crippen molar-refractivity contribution in [1.82, 2.24) is 5.16 Å². The summed E-state index contributed by atoms with van der Waals surface area (Å²) in [5.41, 5.74) is 1.46. The van der Waals surface area contributed by atoms with Crippen molar-refractivity contribution in [2.24, 2.45) is 0 Å². The van der Waals surface area contributed by atoms with E-state index < -0.39 is 11.7 Å². The van der Waals surface area contributed by atoms with Gasteiger partial charge < -0.3 is 19.3 Å². The highest BCUT2D eigenvalue weighted by Gasteiger charge is 2.21. The number of rotatable bonds is 6. The number of benzene rings is 2. The lowest BCUT2D eigenvalue weighted by atomic mass is 10.1. The first-order valence-electron chi connectivity index (χ1n) is 8.27. The minimum absolute atomic E-state index is 0.0573. The van der Waals surface area contributed by atoms with Crippen molar-refractivity contribution in [3.05, 3.63) is 70.9 Å². The van der Waals surface area contributed by atoms with E-state index in [2.05, 4.69) is 10.5 Å². The fourth-order valence-corrected chi connectivity index (χ4v) is 2.48. The number of halogens is 1. The number of carbonyl (C=O) groups excluding carboxylic acids is 1. The predicted octanol–water partition coefficient (Wildman–Crippen LogP) is 4.27. The molecule has 6 nitrogen and oxygen atoms in total. The molecule has 0 aliphatic carbocycles. The van der Waals surface area contributed by atoms with Crippen LogP contribution in [0.2, 0.25) is 0 Å².